The highest BCUT2D eigenvalue weighted by Gasteiger charge is 2.42. The highest BCUT2D eigenvalue weighted by Crippen LogP contribution is 2.45. The molecule has 0 radical (unpaired) electrons. The summed E-state index contributed by atoms with van der Waals surface area (Å²) < 4.78 is 0. The first-order valence-electron chi connectivity index (χ1n) is 5.82. The van der Waals surface area contributed by atoms with E-state index in [0.717, 1.165) is 0 Å². The van der Waals surface area contributed by atoms with E-state index in [0.29, 0.717) is 16.8 Å². The predicted molar refractivity (Wildman–Crippen MR) is 63.5 cm³/mol. The molecule has 0 aromatic heterocycles. The molecular weight excluding hydrogens is 192 g/mol. The van der Waals surface area contributed by atoms with Gasteiger partial charge in [0.25, 0.3) is 0 Å². The fraction of sp³-hybridized carbons (Fsp3) is 1.00. The van der Waals surface area contributed by atoms with Crippen molar-refractivity contribution in [2.24, 2.45) is 11.1 Å². The van der Waals surface area contributed by atoms with Gasteiger partial charge >= 0.3 is 0 Å². The number of hydrogen-bond donors (Lipinski definition) is 2. The quantitative estimate of drug-likeness (QED) is 0.652. The molecule has 2 nitrogen and oxygen atoms in total. The second-order valence-electron chi connectivity index (χ2n) is 5.03. The number of hydrogen-bond acceptors (Lipinski definition) is 3. The van der Waals surface area contributed by atoms with Gasteiger partial charge in [0.1, 0.15) is 0 Å². The van der Waals surface area contributed by atoms with E-state index in [9.17, 15) is 0 Å². The lowest BCUT2D eigenvalue weighted by molar-refractivity contribution is 0.0921. The molecule has 0 aromatic rings. The summed E-state index contributed by atoms with van der Waals surface area (Å²) in [7, 11) is 0. The highest BCUT2D eigenvalue weighted by atomic mass is 32.1. The molecule has 2 atom stereocenters. The van der Waals surface area contributed by atoms with Gasteiger partial charge in [-0.3, -0.25) is 4.90 Å². The first-order valence-corrected chi connectivity index (χ1v) is 6.33. The van der Waals surface area contributed by atoms with Crippen LogP contribution in [0.5, 0.6) is 0 Å². The Labute approximate surface area is 92.6 Å². The lowest BCUT2D eigenvalue weighted by Gasteiger charge is -2.43. The molecule has 3 heteroatoms. The van der Waals surface area contributed by atoms with E-state index in [1.54, 1.807) is 0 Å². The Hall–Kier alpha value is 0.270. The van der Waals surface area contributed by atoms with Gasteiger partial charge in [-0.15, -0.1) is 0 Å². The zero-order valence-corrected chi connectivity index (χ0v) is 9.97. The Bertz CT molecular complexity index is 197. The van der Waals surface area contributed by atoms with E-state index in [-0.39, 0.29) is 0 Å². The Morgan fingerprint density at radius 3 is 2.43 bits per heavy atom. The molecule has 0 amide bonds. The van der Waals surface area contributed by atoms with Gasteiger partial charge in [-0.1, -0.05) is 6.42 Å². The number of rotatable bonds is 1. The zero-order chi connectivity index (χ0) is 10.2. The molecule has 2 aliphatic rings. The molecule has 2 N–H and O–H groups in total. The molecule has 82 valence electrons. The van der Waals surface area contributed by atoms with Crippen molar-refractivity contribution in [2.75, 3.05) is 13.1 Å². The van der Waals surface area contributed by atoms with Crippen LogP contribution in [-0.2, 0) is 0 Å². The molecule has 0 bridgehead atoms. The smallest absolute Gasteiger partial charge is 0.0499 e. The van der Waals surface area contributed by atoms with Gasteiger partial charge in [0, 0.05) is 11.4 Å². The van der Waals surface area contributed by atoms with Gasteiger partial charge in [0.2, 0.25) is 0 Å². The van der Waals surface area contributed by atoms with E-state index in [1.165, 1.54) is 45.2 Å². The Kier molecular flexibility index (Phi) is 3.10. The van der Waals surface area contributed by atoms with Crippen LogP contribution < -0.4 is 5.73 Å². The summed E-state index contributed by atoms with van der Waals surface area (Å²) in [6, 6.07) is 0.472. The third kappa shape index (κ3) is 1.82. The predicted octanol–water partition coefficient (Wildman–Crippen LogP) is 1.86. The van der Waals surface area contributed by atoms with Crippen LogP contribution in [0.1, 0.15) is 39.0 Å². The average molecular weight is 214 g/mol. The molecule has 14 heavy (non-hydrogen) atoms. The minimum Gasteiger partial charge on any atom is -0.327 e. The molecule has 1 aliphatic carbocycles. The van der Waals surface area contributed by atoms with Crippen LogP contribution in [0.2, 0.25) is 0 Å². The summed E-state index contributed by atoms with van der Waals surface area (Å²) in [5.74, 6) is 0. The minimum atomic E-state index is 0.407. The summed E-state index contributed by atoms with van der Waals surface area (Å²) in [6.45, 7) is 4.55. The molecule has 0 aromatic carbocycles. The molecule has 1 saturated carbocycles. The maximum atomic E-state index is 6.23. The van der Waals surface area contributed by atoms with Gasteiger partial charge in [-0.05, 0) is 51.1 Å². The van der Waals surface area contributed by atoms with Crippen molar-refractivity contribution in [2.45, 2.75) is 50.4 Å². The van der Waals surface area contributed by atoms with Crippen molar-refractivity contribution >= 4 is 12.6 Å². The SMILES string of the molecule is CC(S)N1CCC2(CCC[C@H]2N)CC1. The molecule has 2 fully saturated rings. The van der Waals surface area contributed by atoms with Crippen LogP contribution in [0.15, 0.2) is 0 Å². The minimum absolute atomic E-state index is 0.407. The number of thiol groups is 1. The van der Waals surface area contributed by atoms with Crippen molar-refractivity contribution in [3.63, 3.8) is 0 Å². The highest BCUT2D eigenvalue weighted by molar-refractivity contribution is 7.80. The normalized spacial score (nSPS) is 34.9. The molecule has 1 aliphatic heterocycles. The molecule has 2 rings (SSSR count). The van der Waals surface area contributed by atoms with E-state index in [2.05, 4.69) is 24.5 Å². The van der Waals surface area contributed by atoms with Gasteiger partial charge in [-0.2, -0.15) is 12.6 Å². The van der Waals surface area contributed by atoms with Crippen molar-refractivity contribution < 1.29 is 0 Å². The average Bonchev–Trinajstić information content (AvgIpc) is 2.49. The summed E-state index contributed by atoms with van der Waals surface area (Å²) in [6.07, 6.45) is 6.54. The van der Waals surface area contributed by atoms with Crippen LogP contribution in [-0.4, -0.2) is 29.4 Å². The number of nitrogens with zero attached hydrogens (tertiary/aromatic N) is 1. The summed E-state index contributed by atoms with van der Waals surface area (Å²) in [5.41, 5.74) is 6.73. The maximum absolute atomic E-state index is 6.23. The Balaban J connectivity index is 1.94. The van der Waals surface area contributed by atoms with Gasteiger partial charge in [0.05, 0.1) is 0 Å². The Morgan fingerprint density at radius 2 is 2.00 bits per heavy atom. The topological polar surface area (TPSA) is 29.3 Å². The lowest BCUT2D eigenvalue weighted by atomic mass is 9.74. The van der Waals surface area contributed by atoms with Crippen LogP contribution in [0.4, 0.5) is 0 Å². The van der Waals surface area contributed by atoms with E-state index in [1.807, 2.05) is 0 Å². The van der Waals surface area contributed by atoms with Crippen LogP contribution in [0, 0.1) is 5.41 Å². The first-order chi connectivity index (χ1) is 6.64. The second kappa shape index (κ2) is 4.03. The monoisotopic (exact) mass is 214 g/mol. The first kappa shape index (κ1) is 10.8. The van der Waals surface area contributed by atoms with Crippen LogP contribution in [0.25, 0.3) is 0 Å². The number of likely N-dealkylation sites (tertiary alicyclic amines) is 1. The van der Waals surface area contributed by atoms with Crippen LogP contribution >= 0.6 is 12.6 Å². The van der Waals surface area contributed by atoms with Gasteiger partial charge < -0.3 is 5.73 Å². The second-order valence-corrected chi connectivity index (χ2v) is 5.78. The fourth-order valence-corrected chi connectivity index (χ4v) is 3.36. The zero-order valence-electron chi connectivity index (χ0n) is 9.08. The third-order valence-corrected chi connectivity index (χ3v) is 4.63. The molecule has 1 unspecified atom stereocenters. The molecule has 1 saturated heterocycles. The van der Waals surface area contributed by atoms with E-state index < -0.39 is 0 Å². The standard InChI is InChI=1S/C11H22N2S/c1-9(14)13-7-5-11(6-8-13)4-2-3-10(11)12/h9-10,14H,2-8,12H2,1H3/t9?,10-/m1/s1. The van der Waals surface area contributed by atoms with Crippen molar-refractivity contribution in [1.29, 1.82) is 0 Å². The number of nitrogens with two attached hydrogens (primary N) is 1. The van der Waals surface area contributed by atoms with E-state index >= 15 is 0 Å². The molecular formula is C11H22N2S. The van der Waals surface area contributed by atoms with Gasteiger partial charge in [-0.25, -0.2) is 0 Å². The summed E-state index contributed by atoms with van der Waals surface area (Å²) >= 11 is 4.49. The largest absolute Gasteiger partial charge is 0.327 e. The van der Waals surface area contributed by atoms with E-state index in [4.69, 9.17) is 5.73 Å². The van der Waals surface area contributed by atoms with Crippen molar-refractivity contribution in [3.8, 4) is 0 Å². The van der Waals surface area contributed by atoms with Crippen molar-refractivity contribution in [3.05, 3.63) is 0 Å². The molecule has 1 heterocycles. The summed E-state index contributed by atoms with van der Waals surface area (Å²) in [4.78, 5) is 2.46. The molecule has 1 spiro atoms. The van der Waals surface area contributed by atoms with Gasteiger partial charge in [0.15, 0.2) is 0 Å². The summed E-state index contributed by atoms with van der Waals surface area (Å²) in [5, 5.41) is 0.407. The van der Waals surface area contributed by atoms with Crippen LogP contribution in [0.3, 0.4) is 0 Å². The maximum Gasteiger partial charge on any atom is 0.0499 e. The Morgan fingerprint density at radius 1 is 1.36 bits per heavy atom. The van der Waals surface area contributed by atoms with Crippen molar-refractivity contribution in [1.82, 2.24) is 4.90 Å². The lowest BCUT2D eigenvalue weighted by Crippen LogP contribution is -2.48. The number of piperidine rings is 1. The third-order valence-electron chi connectivity index (χ3n) is 4.30. The fourth-order valence-electron chi connectivity index (χ4n) is 3.13.